The van der Waals surface area contributed by atoms with Gasteiger partial charge in [0.25, 0.3) is 0 Å². The summed E-state index contributed by atoms with van der Waals surface area (Å²) < 4.78 is 50.5. The maximum atomic E-state index is 13.5. The molecule has 0 unspecified atom stereocenters. The average Bonchev–Trinajstić information content (AvgIpc) is 3.34. The number of amides is 2. The molecular weight excluding hydrogens is 513 g/mol. The lowest BCUT2D eigenvalue weighted by Gasteiger charge is -2.32. The number of nitrogens with zero attached hydrogens (tertiary/aromatic N) is 2. The minimum atomic E-state index is -3.64. The molecule has 0 aliphatic carbocycles. The number of hydrogen-bond acceptors (Lipinski definition) is 6. The second-order valence-electron chi connectivity index (χ2n) is 9.37. The van der Waals surface area contributed by atoms with Gasteiger partial charge < -0.3 is 19.7 Å². The molecule has 2 amide bonds. The molecule has 1 N–H and O–H groups in total. The molecule has 1 aliphatic heterocycles. The van der Waals surface area contributed by atoms with Gasteiger partial charge in [-0.2, -0.15) is 0 Å². The fourth-order valence-electron chi connectivity index (χ4n) is 4.19. The zero-order chi connectivity index (χ0) is 27.9. The Kier molecular flexibility index (Phi) is 9.96. The number of halogens is 1. The zero-order valence-corrected chi connectivity index (χ0v) is 23.1. The lowest BCUT2D eigenvalue weighted by Crippen LogP contribution is -2.50. The molecule has 0 saturated heterocycles. The highest BCUT2D eigenvalue weighted by molar-refractivity contribution is 7.92. The summed E-state index contributed by atoms with van der Waals surface area (Å²) in [4.78, 5) is 28.0. The third-order valence-corrected chi connectivity index (χ3v) is 7.64. The number of carbonyl (C=O) groups excluding carboxylic acids is 2. The van der Waals surface area contributed by atoms with E-state index in [1.165, 1.54) is 21.3 Å². The van der Waals surface area contributed by atoms with Gasteiger partial charge in [0.05, 0.1) is 11.9 Å². The largest absolute Gasteiger partial charge is 0.454 e. The van der Waals surface area contributed by atoms with Gasteiger partial charge in [-0.25, -0.2) is 12.8 Å². The van der Waals surface area contributed by atoms with Gasteiger partial charge in [-0.15, -0.1) is 0 Å². The Labute approximate surface area is 224 Å². The van der Waals surface area contributed by atoms with Crippen LogP contribution >= 0.6 is 0 Å². The van der Waals surface area contributed by atoms with E-state index in [4.69, 9.17) is 9.47 Å². The van der Waals surface area contributed by atoms with E-state index < -0.39 is 21.9 Å². The predicted octanol–water partition coefficient (Wildman–Crippen LogP) is 3.82. The summed E-state index contributed by atoms with van der Waals surface area (Å²) in [5.74, 6) is 0.0542. The monoisotopic (exact) mass is 549 g/mol. The summed E-state index contributed by atoms with van der Waals surface area (Å²) >= 11 is 0. The van der Waals surface area contributed by atoms with Crippen molar-refractivity contribution >= 4 is 27.5 Å². The van der Waals surface area contributed by atoms with Gasteiger partial charge in [-0.1, -0.05) is 26.0 Å². The van der Waals surface area contributed by atoms with Crippen molar-refractivity contribution in [2.24, 2.45) is 0 Å². The van der Waals surface area contributed by atoms with Crippen LogP contribution in [0.4, 0.5) is 10.1 Å². The minimum absolute atomic E-state index is 0.0187. The van der Waals surface area contributed by atoms with Crippen molar-refractivity contribution in [3.8, 4) is 11.5 Å². The second-order valence-corrected chi connectivity index (χ2v) is 11.3. The number of rotatable bonds is 13. The first-order valence-corrected chi connectivity index (χ1v) is 14.6. The quantitative estimate of drug-likeness (QED) is 0.407. The Morgan fingerprint density at radius 2 is 1.74 bits per heavy atom. The Morgan fingerprint density at radius 3 is 2.37 bits per heavy atom. The molecule has 38 heavy (non-hydrogen) atoms. The van der Waals surface area contributed by atoms with Crippen LogP contribution in [0.15, 0.2) is 42.5 Å². The molecule has 3 rings (SSSR count). The second kappa shape index (κ2) is 12.9. The van der Waals surface area contributed by atoms with E-state index in [9.17, 15) is 22.4 Å². The first-order valence-electron chi connectivity index (χ1n) is 12.7. The number of anilines is 1. The van der Waals surface area contributed by atoms with E-state index in [2.05, 4.69) is 5.32 Å². The topological polar surface area (TPSA) is 105 Å². The average molecular weight is 550 g/mol. The molecule has 1 aliphatic rings. The summed E-state index contributed by atoms with van der Waals surface area (Å²) in [6.07, 6.45) is 2.48. The summed E-state index contributed by atoms with van der Waals surface area (Å²) in [5, 5.41) is 2.94. The van der Waals surface area contributed by atoms with E-state index in [1.807, 2.05) is 20.8 Å². The summed E-state index contributed by atoms with van der Waals surface area (Å²) in [7, 11) is -3.64. The molecule has 0 aromatic heterocycles. The van der Waals surface area contributed by atoms with Gasteiger partial charge in [0.2, 0.25) is 28.6 Å². The highest BCUT2D eigenvalue weighted by Gasteiger charge is 2.29. The lowest BCUT2D eigenvalue weighted by atomic mass is 10.1. The third kappa shape index (κ3) is 7.59. The maximum absolute atomic E-state index is 13.5. The Bertz CT molecular complexity index is 1220. The molecule has 2 atom stereocenters. The molecule has 0 bridgehead atoms. The van der Waals surface area contributed by atoms with E-state index in [0.29, 0.717) is 29.2 Å². The van der Waals surface area contributed by atoms with Gasteiger partial charge in [-0.3, -0.25) is 13.9 Å². The standard InChI is InChI=1S/C27H36FN3O6S/c1-5-19(3)29-27(33)23(6-2)30(17-20-9-11-21(28)12-10-20)26(32)8-7-15-31(38(4,34)35)22-13-14-24-25(16-22)37-18-36-24/h9-14,16,19,23H,5-8,15,17-18H2,1-4H3,(H,29,33)/t19-,23+/m1/s1. The highest BCUT2D eigenvalue weighted by Crippen LogP contribution is 2.36. The Hall–Kier alpha value is -3.34. The van der Waals surface area contributed by atoms with Crippen molar-refractivity contribution in [3.05, 3.63) is 53.8 Å². The van der Waals surface area contributed by atoms with Gasteiger partial charge in [-0.05, 0) is 56.0 Å². The van der Waals surface area contributed by atoms with Crippen LogP contribution in [0.3, 0.4) is 0 Å². The van der Waals surface area contributed by atoms with Crippen molar-refractivity contribution in [1.82, 2.24) is 10.2 Å². The van der Waals surface area contributed by atoms with Crippen LogP contribution in [0, 0.1) is 5.82 Å². The lowest BCUT2D eigenvalue weighted by molar-refractivity contribution is -0.141. The highest BCUT2D eigenvalue weighted by atomic mass is 32.2. The predicted molar refractivity (Wildman–Crippen MR) is 143 cm³/mol. The Morgan fingerprint density at radius 1 is 1.05 bits per heavy atom. The molecule has 1 heterocycles. The molecule has 0 fully saturated rings. The molecule has 11 heteroatoms. The summed E-state index contributed by atoms with van der Waals surface area (Å²) in [6.45, 7) is 5.94. The first-order chi connectivity index (χ1) is 18.0. The zero-order valence-electron chi connectivity index (χ0n) is 22.3. The SMILES string of the molecule is CC[C@@H](C)NC(=O)[C@H](CC)N(Cc1ccc(F)cc1)C(=O)CCCN(c1ccc2c(c1)OCO2)S(C)(=O)=O. The van der Waals surface area contributed by atoms with Crippen LogP contribution < -0.4 is 19.1 Å². The van der Waals surface area contributed by atoms with Gasteiger partial charge in [0.1, 0.15) is 11.9 Å². The van der Waals surface area contributed by atoms with Crippen LogP contribution in [0.2, 0.25) is 0 Å². The van der Waals surface area contributed by atoms with E-state index in [1.54, 1.807) is 30.3 Å². The van der Waals surface area contributed by atoms with Crippen molar-refractivity contribution in [1.29, 1.82) is 0 Å². The van der Waals surface area contributed by atoms with Crippen LogP contribution in [0.5, 0.6) is 11.5 Å². The van der Waals surface area contributed by atoms with Crippen LogP contribution in [0.1, 0.15) is 52.0 Å². The number of hydrogen-bond donors (Lipinski definition) is 1. The van der Waals surface area contributed by atoms with Gasteiger partial charge in [0, 0.05) is 31.6 Å². The molecule has 2 aromatic carbocycles. The number of carbonyl (C=O) groups is 2. The number of benzene rings is 2. The molecule has 0 saturated carbocycles. The normalized spacial score (nSPS) is 14.0. The van der Waals surface area contributed by atoms with Crippen molar-refractivity contribution < 1.29 is 31.9 Å². The molecular formula is C27H36FN3O6S. The van der Waals surface area contributed by atoms with Crippen LogP contribution in [-0.4, -0.2) is 56.8 Å². The van der Waals surface area contributed by atoms with Crippen LogP contribution in [0.25, 0.3) is 0 Å². The van der Waals surface area contributed by atoms with E-state index in [-0.39, 0.29) is 50.6 Å². The molecule has 9 nitrogen and oxygen atoms in total. The van der Waals surface area contributed by atoms with Gasteiger partial charge in [0.15, 0.2) is 11.5 Å². The smallest absolute Gasteiger partial charge is 0.243 e. The van der Waals surface area contributed by atoms with Crippen LogP contribution in [-0.2, 0) is 26.2 Å². The van der Waals surface area contributed by atoms with Crippen molar-refractivity contribution in [2.75, 3.05) is 23.9 Å². The first kappa shape index (κ1) is 29.2. The summed E-state index contributed by atoms with van der Waals surface area (Å²) in [5.41, 5.74) is 1.10. The van der Waals surface area contributed by atoms with Crippen molar-refractivity contribution in [2.45, 2.75) is 65.1 Å². The molecule has 0 radical (unpaired) electrons. The number of sulfonamides is 1. The minimum Gasteiger partial charge on any atom is -0.454 e. The molecule has 208 valence electrons. The summed E-state index contributed by atoms with van der Waals surface area (Å²) in [6, 6.07) is 9.89. The third-order valence-electron chi connectivity index (χ3n) is 6.45. The Balaban J connectivity index is 1.76. The number of nitrogens with one attached hydrogen (secondary N) is 1. The van der Waals surface area contributed by atoms with Gasteiger partial charge >= 0.3 is 0 Å². The number of fused-ring (bicyclic) bond motifs is 1. The fraction of sp³-hybridized carbons (Fsp3) is 0.481. The van der Waals surface area contributed by atoms with E-state index >= 15 is 0 Å². The van der Waals surface area contributed by atoms with E-state index in [0.717, 1.165) is 12.7 Å². The fourth-order valence-corrected chi connectivity index (χ4v) is 5.15. The number of ether oxygens (including phenoxy) is 2. The molecule has 2 aromatic rings. The maximum Gasteiger partial charge on any atom is 0.243 e. The van der Waals surface area contributed by atoms with Crippen molar-refractivity contribution in [3.63, 3.8) is 0 Å². The molecule has 0 spiro atoms.